The number of phosphoric ester groups is 2. The Labute approximate surface area is 260 Å². The van der Waals surface area contributed by atoms with Gasteiger partial charge >= 0.3 is 29.2 Å². The zero-order chi connectivity index (χ0) is 34.5. The van der Waals surface area contributed by atoms with Crippen LogP contribution in [0, 0.1) is 0 Å². The third-order valence-electron chi connectivity index (χ3n) is 6.68. The van der Waals surface area contributed by atoms with E-state index in [0.29, 0.717) is 0 Å². The second-order valence-corrected chi connectivity index (χ2v) is 14.5. The summed E-state index contributed by atoms with van der Waals surface area (Å²) in [6, 6.07) is 1.19. The van der Waals surface area contributed by atoms with Gasteiger partial charge in [-0.05, 0) is 6.07 Å². The molecule has 25 nitrogen and oxygen atoms in total. The molecule has 2 saturated heterocycles. The van der Waals surface area contributed by atoms with Crippen molar-refractivity contribution in [1.82, 2.24) is 29.1 Å². The molecule has 0 bridgehead atoms. The molecule has 3 aromatic rings. The molecule has 260 valence electrons. The fourth-order valence-electron chi connectivity index (χ4n) is 4.53. The van der Waals surface area contributed by atoms with Crippen LogP contribution in [0.25, 0.3) is 11.2 Å². The average Bonchev–Trinajstić information content (AvgIpc) is 3.60. The molecule has 2 aliphatic rings. The van der Waals surface area contributed by atoms with Crippen LogP contribution in [-0.4, -0.2) is 114 Å². The molecule has 11 atom stereocenters. The summed E-state index contributed by atoms with van der Waals surface area (Å²) in [5.41, 5.74) is 10.4. The molecule has 0 aliphatic carbocycles. The van der Waals surface area contributed by atoms with Crippen LogP contribution in [0.1, 0.15) is 12.5 Å². The molecule has 0 aromatic carbocycles. The molecule has 3 aromatic heterocycles. The lowest BCUT2D eigenvalue weighted by Crippen LogP contribution is -2.36. The molecule has 0 spiro atoms. The molecule has 2 fully saturated rings. The van der Waals surface area contributed by atoms with Gasteiger partial charge in [-0.1, -0.05) is 0 Å². The highest BCUT2D eigenvalue weighted by molar-refractivity contribution is 7.66. The van der Waals surface area contributed by atoms with Crippen molar-refractivity contribution in [2.45, 2.75) is 49.1 Å². The van der Waals surface area contributed by atoms with E-state index in [-0.39, 0.29) is 22.8 Å². The van der Waals surface area contributed by atoms with E-state index in [0.717, 1.165) is 17.1 Å². The number of nitrogen functional groups attached to an aromatic ring is 2. The monoisotopic (exact) mass is 732 g/mol. The largest absolute Gasteiger partial charge is 0.490 e. The minimum absolute atomic E-state index is 0.00978. The third-order valence-corrected chi connectivity index (χ3v) is 10.9. The number of imidazole rings is 1. The van der Waals surface area contributed by atoms with Gasteiger partial charge in [0.15, 0.2) is 23.9 Å². The number of fused-ring (bicyclic) bond motifs is 1. The molecule has 0 radical (unpaired) electrons. The van der Waals surface area contributed by atoms with Gasteiger partial charge in [-0.15, -0.1) is 0 Å². The fraction of sp³-hybridized carbons (Fsp3) is 0.526. The highest BCUT2D eigenvalue weighted by atomic mass is 31.3. The molecule has 5 heterocycles. The maximum atomic E-state index is 12.4. The molecule has 11 N–H and O–H groups in total. The Morgan fingerprint density at radius 3 is 1.85 bits per heavy atom. The number of aliphatic hydroxyl groups is 4. The van der Waals surface area contributed by atoms with Crippen LogP contribution < -0.4 is 17.2 Å². The number of nitrogens with two attached hydrogens (primary N) is 2. The van der Waals surface area contributed by atoms with Gasteiger partial charge in [-0.25, -0.2) is 33.4 Å². The van der Waals surface area contributed by atoms with E-state index in [1.807, 2.05) is 0 Å². The average molecular weight is 732 g/mol. The van der Waals surface area contributed by atoms with E-state index in [1.165, 1.54) is 17.0 Å². The SMILES string of the molecule is Nc1ccn([C@@H]2O[C@H](COP(=O)(O)OP(=O)(O)OP(=O)(O)OC[C@H]3O[C@@H](n4cnc5c(N)ncnc54)[C@H](O)[C@@H]3O)[C@@H](O)[C@H]2O)c(=O)n1. The number of hydrogen-bond acceptors (Lipinski definition) is 20. The topological polar surface area (TPSA) is 379 Å². The predicted molar refractivity (Wildman–Crippen MR) is 148 cm³/mol. The molecule has 0 amide bonds. The van der Waals surface area contributed by atoms with Crippen LogP contribution in [-0.2, 0) is 40.8 Å². The summed E-state index contributed by atoms with van der Waals surface area (Å²) in [6.07, 6.45) is -9.70. The summed E-state index contributed by atoms with van der Waals surface area (Å²) in [7, 11) is -17.2. The third kappa shape index (κ3) is 7.76. The van der Waals surface area contributed by atoms with Gasteiger partial charge in [0.2, 0.25) is 0 Å². The van der Waals surface area contributed by atoms with Crippen molar-refractivity contribution < 1.29 is 75.9 Å². The fourth-order valence-corrected chi connectivity index (χ4v) is 8.05. The van der Waals surface area contributed by atoms with Crippen LogP contribution in [0.5, 0.6) is 0 Å². The first kappa shape index (κ1) is 35.5. The van der Waals surface area contributed by atoms with Crippen molar-refractivity contribution in [3.63, 3.8) is 0 Å². The van der Waals surface area contributed by atoms with E-state index in [2.05, 4.69) is 37.6 Å². The number of anilines is 2. The van der Waals surface area contributed by atoms with E-state index in [4.69, 9.17) is 20.9 Å². The first-order valence-corrected chi connectivity index (χ1v) is 17.4. The molecular formula is C19H27N8O17P3. The highest BCUT2D eigenvalue weighted by Gasteiger charge is 2.49. The zero-order valence-corrected chi connectivity index (χ0v) is 25.9. The van der Waals surface area contributed by atoms with Crippen molar-refractivity contribution in [2.75, 3.05) is 24.7 Å². The van der Waals surface area contributed by atoms with Gasteiger partial charge in [0.05, 0.1) is 19.5 Å². The lowest BCUT2D eigenvalue weighted by Gasteiger charge is -2.21. The second kappa shape index (κ2) is 13.2. The van der Waals surface area contributed by atoms with Gasteiger partial charge < -0.3 is 56.0 Å². The van der Waals surface area contributed by atoms with Gasteiger partial charge in [0.1, 0.15) is 54.3 Å². The molecule has 3 unspecified atom stereocenters. The zero-order valence-electron chi connectivity index (χ0n) is 23.2. The van der Waals surface area contributed by atoms with Crippen LogP contribution in [0.3, 0.4) is 0 Å². The van der Waals surface area contributed by atoms with E-state index in [1.54, 1.807) is 0 Å². The summed E-state index contributed by atoms with van der Waals surface area (Å²) >= 11 is 0. The molecular weight excluding hydrogens is 705 g/mol. The lowest BCUT2D eigenvalue weighted by molar-refractivity contribution is -0.0542. The van der Waals surface area contributed by atoms with Gasteiger partial charge in [0.25, 0.3) is 0 Å². The van der Waals surface area contributed by atoms with Gasteiger partial charge in [-0.2, -0.15) is 13.6 Å². The van der Waals surface area contributed by atoms with Crippen molar-refractivity contribution in [2.24, 2.45) is 0 Å². The summed E-state index contributed by atoms with van der Waals surface area (Å²) in [5, 5.41) is 41.3. The summed E-state index contributed by atoms with van der Waals surface area (Å²) in [5.74, 6) is -0.139. The second-order valence-electron chi connectivity index (χ2n) is 9.88. The van der Waals surface area contributed by atoms with E-state index < -0.39 is 91.5 Å². The normalized spacial score (nSPS) is 31.8. The Morgan fingerprint density at radius 2 is 1.32 bits per heavy atom. The molecule has 0 saturated carbocycles. The maximum absolute atomic E-state index is 12.4. The molecule has 5 rings (SSSR count). The summed E-state index contributed by atoms with van der Waals surface area (Å²) < 4.78 is 66.8. The predicted octanol–water partition coefficient (Wildman–Crippen LogP) is -3.15. The smallest absolute Gasteiger partial charge is 0.387 e. The molecule has 47 heavy (non-hydrogen) atoms. The number of nitrogens with zero attached hydrogens (tertiary/aromatic N) is 6. The van der Waals surface area contributed by atoms with Crippen LogP contribution in [0.15, 0.2) is 29.7 Å². The van der Waals surface area contributed by atoms with Crippen molar-refractivity contribution in [3.05, 3.63) is 35.4 Å². The van der Waals surface area contributed by atoms with Crippen LogP contribution >= 0.6 is 23.5 Å². The van der Waals surface area contributed by atoms with Gasteiger partial charge in [-0.3, -0.25) is 18.2 Å². The summed E-state index contributed by atoms with van der Waals surface area (Å²) in [6.45, 7) is -2.12. The quantitative estimate of drug-likeness (QED) is 0.0830. The molecule has 28 heteroatoms. The van der Waals surface area contributed by atoms with Crippen molar-refractivity contribution >= 4 is 46.3 Å². The number of hydrogen-bond donors (Lipinski definition) is 9. The highest BCUT2D eigenvalue weighted by Crippen LogP contribution is 2.67. The van der Waals surface area contributed by atoms with Crippen molar-refractivity contribution in [3.8, 4) is 0 Å². The first-order valence-electron chi connectivity index (χ1n) is 12.9. The number of phosphoric acid groups is 3. The standard InChI is InChI=1S/C19H27N8O17P3/c20-9-1-2-26(19(32)25-9)17-13(30)11(28)7(41-17)3-39-45(33,34)43-47(37,38)44-46(35,36)40-4-8-12(29)14(31)18(42-8)27-6-24-10-15(21)22-5-23-16(10)27/h1-2,5-8,11-14,17-18,28-31H,3-4H2,(H,33,34)(H,35,36)(H,37,38)(H2,20,25,32)(H2,21,22,23)/t7-,8-,11-,12-,13-,14-,17-,18-/m1/s1. The summed E-state index contributed by atoms with van der Waals surface area (Å²) in [4.78, 5) is 56.9. The van der Waals surface area contributed by atoms with E-state index in [9.17, 15) is 53.6 Å². The van der Waals surface area contributed by atoms with Crippen molar-refractivity contribution in [1.29, 1.82) is 0 Å². The first-order chi connectivity index (χ1) is 21.9. The maximum Gasteiger partial charge on any atom is 0.490 e. The number of ether oxygens (including phenoxy) is 2. The van der Waals surface area contributed by atoms with Gasteiger partial charge in [0, 0.05) is 6.20 Å². The number of aliphatic hydroxyl groups excluding tert-OH is 4. The Hall–Kier alpha value is -2.80. The Bertz CT molecular complexity index is 1830. The minimum atomic E-state index is -5.95. The Balaban J connectivity index is 1.15. The minimum Gasteiger partial charge on any atom is -0.387 e. The lowest BCUT2D eigenvalue weighted by atomic mass is 10.1. The Morgan fingerprint density at radius 1 is 0.787 bits per heavy atom. The van der Waals surface area contributed by atoms with Crippen LogP contribution in [0.2, 0.25) is 0 Å². The molecule has 2 aliphatic heterocycles. The number of rotatable bonds is 12. The van der Waals surface area contributed by atoms with E-state index >= 15 is 0 Å². The number of aromatic nitrogens is 6. The van der Waals surface area contributed by atoms with Crippen LogP contribution in [0.4, 0.5) is 11.6 Å². The Kier molecular flexibility index (Phi) is 10.0.